The van der Waals surface area contributed by atoms with Gasteiger partial charge in [0.15, 0.2) is 0 Å². The molecule has 0 saturated carbocycles. The molecule has 0 aliphatic heterocycles. The summed E-state index contributed by atoms with van der Waals surface area (Å²) < 4.78 is 49.3. The second kappa shape index (κ2) is 9.22. The fraction of sp³-hybridized carbons (Fsp3) is 0.269. The Bertz CT molecular complexity index is 1280. The predicted octanol–water partition coefficient (Wildman–Crippen LogP) is 7.51. The van der Waals surface area contributed by atoms with Crippen LogP contribution in [0.25, 0.3) is 11.0 Å². The Balaban J connectivity index is 1.58. The van der Waals surface area contributed by atoms with Crippen molar-refractivity contribution < 1.29 is 22.6 Å². The number of fused-ring (bicyclic) bond motifs is 1. The molecule has 1 aromatic heterocycles. The molecule has 0 bridgehead atoms. The van der Waals surface area contributed by atoms with Crippen molar-refractivity contribution >= 4 is 22.6 Å². The largest absolute Gasteiger partial charge is 0.573 e. The molecule has 0 aliphatic carbocycles. The second-order valence-electron chi connectivity index (χ2n) is 9.00. The van der Waals surface area contributed by atoms with Gasteiger partial charge in [0, 0.05) is 11.6 Å². The van der Waals surface area contributed by atoms with E-state index < -0.39 is 6.36 Å². The van der Waals surface area contributed by atoms with E-state index in [4.69, 9.17) is 21.3 Å². The summed E-state index contributed by atoms with van der Waals surface area (Å²) in [4.78, 5) is 4.69. The minimum Gasteiger partial charge on any atom is -0.486 e. The summed E-state index contributed by atoms with van der Waals surface area (Å²) in [6.45, 7) is 7.05. The molecule has 0 amide bonds. The van der Waals surface area contributed by atoms with Crippen LogP contribution in [0, 0.1) is 0 Å². The van der Waals surface area contributed by atoms with Gasteiger partial charge in [-0.15, -0.1) is 13.2 Å². The van der Waals surface area contributed by atoms with Gasteiger partial charge in [0.1, 0.15) is 23.9 Å². The van der Waals surface area contributed by atoms with Gasteiger partial charge in [0.05, 0.1) is 11.0 Å². The molecule has 0 unspecified atom stereocenters. The van der Waals surface area contributed by atoms with Crippen molar-refractivity contribution in [1.29, 1.82) is 0 Å². The lowest BCUT2D eigenvalue weighted by Crippen LogP contribution is -2.17. The van der Waals surface area contributed by atoms with Crippen LogP contribution in [0.2, 0.25) is 5.02 Å². The quantitative estimate of drug-likeness (QED) is 0.282. The molecule has 4 rings (SSSR count). The number of ether oxygens (including phenoxy) is 2. The lowest BCUT2D eigenvalue weighted by Gasteiger charge is -2.19. The third-order valence-electron chi connectivity index (χ3n) is 5.38. The first-order chi connectivity index (χ1) is 16.0. The molecule has 0 N–H and O–H groups in total. The molecule has 8 heteroatoms. The average molecular weight is 489 g/mol. The van der Waals surface area contributed by atoms with Gasteiger partial charge < -0.3 is 14.0 Å². The Kier molecular flexibility index (Phi) is 6.49. The number of nitrogens with zero attached hydrogens (tertiary/aromatic N) is 2. The van der Waals surface area contributed by atoms with Crippen molar-refractivity contribution in [1.82, 2.24) is 9.55 Å². The molecule has 0 atom stereocenters. The van der Waals surface area contributed by atoms with Gasteiger partial charge in [-0.25, -0.2) is 4.98 Å². The van der Waals surface area contributed by atoms with E-state index in [1.807, 2.05) is 41.0 Å². The summed E-state index contributed by atoms with van der Waals surface area (Å²) in [5, 5.41) is 0.563. The highest BCUT2D eigenvalue weighted by Crippen LogP contribution is 2.27. The van der Waals surface area contributed by atoms with Crippen molar-refractivity contribution in [2.24, 2.45) is 0 Å². The van der Waals surface area contributed by atoms with Crippen molar-refractivity contribution in [2.45, 2.75) is 45.7 Å². The Hall–Kier alpha value is -3.19. The van der Waals surface area contributed by atoms with Crippen molar-refractivity contribution in [2.75, 3.05) is 0 Å². The van der Waals surface area contributed by atoms with E-state index in [1.165, 1.54) is 17.7 Å². The number of hydrogen-bond donors (Lipinski definition) is 0. The van der Waals surface area contributed by atoms with Crippen LogP contribution in [0.5, 0.6) is 11.5 Å². The zero-order valence-corrected chi connectivity index (χ0v) is 19.7. The van der Waals surface area contributed by atoms with Gasteiger partial charge in [-0.05, 0) is 59.0 Å². The third-order valence-corrected chi connectivity index (χ3v) is 5.61. The highest BCUT2D eigenvalue weighted by Gasteiger charge is 2.31. The standard InChI is InChI=1S/C26H24ClF3N2O2/c1-25(2,3)18-6-11-20(12-7-18)33-16-24-31-22-13-8-19(27)14-23(22)32(24)15-17-4-9-21(10-5-17)34-26(28,29)30/h4-14H,15-16H2,1-3H3. The monoisotopic (exact) mass is 488 g/mol. The van der Waals surface area contributed by atoms with Gasteiger partial charge in [-0.1, -0.05) is 56.6 Å². The molecule has 0 saturated heterocycles. The highest BCUT2D eigenvalue weighted by molar-refractivity contribution is 6.31. The molecule has 0 aliphatic rings. The van der Waals surface area contributed by atoms with E-state index in [0.29, 0.717) is 17.4 Å². The Labute approximate surface area is 200 Å². The Morgan fingerprint density at radius 2 is 1.53 bits per heavy atom. The van der Waals surface area contributed by atoms with Crippen molar-refractivity contribution in [3.63, 3.8) is 0 Å². The van der Waals surface area contributed by atoms with Crippen LogP contribution in [0.3, 0.4) is 0 Å². The maximum Gasteiger partial charge on any atom is 0.573 e. The van der Waals surface area contributed by atoms with Crippen molar-refractivity contribution in [3.8, 4) is 11.5 Å². The number of benzene rings is 3. The zero-order chi connectivity index (χ0) is 24.5. The molecule has 3 aromatic carbocycles. The number of hydrogen-bond acceptors (Lipinski definition) is 3. The van der Waals surface area contributed by atoms with E-state index in [0.717, 1.165) is 22.3 Å². The van der Waals surface area contributed by atoms with Crippen LogP contribution in [0.15, 0.2) is 66.7 Å². The summed E-state index contributed by atoms with van der Waals surface area (Å²) in [5.41, 5.74) is 3.60. The zero-order valence-electron chi connectivity index (χ0n) is 19.0. The highest BCUT2D eigenvalue weighted by atomic mass is 35.5. The van der Waals surface area contributed by atoms with Gasteiger partial charge in [0.2, 0.25) is 0 Å². The van der Waals surface area contributed by atoms with Gasteiger partial charge in [0.25, 0.3) is 0 Å². The first kappa shape index (κ1) is 24.0. The Morgan fingerprint density at radius 1 is 0.882 bits per heavy atom. The minimum atomic E-state index is -4.73. The maximum atomic E-state index is 12.5. The number of rotatable bonds is 6. The van der Waals surface area contributed by atoms with E-state index in [2.05, 4.69) is 25.5 Å². The minimum absolute atomic E-state index is 0.0481. The number of alkyl halides is 3. The molecule has 178 valence electrons. The molecular weight excluding hydrogens is 465 g/mol. The van der Waals surface area contributed by atoms with Gasteiger partial charge in [-0.3, -0.25) is 0 Å². The summed E-state index contributed by atoms with van der Waals surface area (Å²) in [5.74, 6) is 1.13. The van der Waals surface area contributed by atoms with Crippen LogP contribution in [-0.4, -0.2) is 15.9 Å². The molecule has 0 spiro atoms. The molecule has 34 heavy (non-hydrogen) atoms. The van der Waals surface area contributed by atoms with Crippen LogP contribution >= 0.6 is 11.6 Å². The number of halogens is 4. The normalized spacial score (nSPS) is 12.2. The Morgan fingerprint density at radius 3 is 2.15 bits per heavy atom. The topological polar surface area (TPSA) is 36.3 Å². The second-order valence-corrected chi connectivity index (χ2v) is 9.44. The number of imidazole rings is 1. The van der Waals surface area contributed by atoms with Gasteiger partial charge in [-0.2, -0.15) is 0 Å². The molecule has 4 nitrogen and oxygen atoms in total. The first-order valence-corrected chi connectivity index (χ1v) is 11.1. The molecule has 0 fully saturated rings. The van der Waals surface area contributed by atoms with Crippen LogP contribution < -0.4 is 9.47 Å². The molecule has 1 heterocycles. The SMILES string of the molecule is CC(C)(C)c1ccc(OCc2nc3ccc(Cl)cc3n2Cc2ccc(OC(F)(F)F)cc2)cc1. The van der Waals surface area contributed by atoms with Gasteiger partial charge >= 0.3 is 6.36 Å². The molecule has 4 aromatic rings. The fourth-order valence-corrected chi connectivity index (χ4v) is 3.78. The predicted molar refractivity (Wildman–Crippen MR) is 126 cm³/mol. The smallest absolute Gasteiger partial charge is 0.486 e. The van der Waals surface area contributed by atoms with Crippen LogP contribution in [-0.2, 0) is 18.6 Å². The lowest BCUT2D eigenvalue weighted by atomic mass is 9.87. The summed E-state index contributed by atoms with van der Waals surface area (Å²) in [7, 11) is 0. The van der Waals surface area contributed by atoms with Crippen LogP contribution in [0.4, 0.5) is 13.2 Å². The lowest BCUT2D eigenvalue weighted by molar-refractivity contribution is -0.274. The summed E-state index contributed by atoms with van der Waals surface area (Å²) >= 11 is 6.21. The number of aromatic nitrogens is 2. The third kappa shape index (κ3) is 5.83. The van der Waals surface area contributed by atoms with Crippen LogP contribution in [0.1, 0.15) is 37.7 Å². The van der Waals surface area contributed by atoms with E-state index >= 15 is 0 Å². The summed E-state index contributed by atoms with van der Waals surface area (Å²) in [6, 6.07) is 19.1. The first-order valence-electron chi connectivity index (χ1n) is 10.7. The maximum absolute atomic E-state index is 12.5. The van der Waals surface area contributed by atoms with E-state index in [1.54, 1.807) is 18.2 Å². The van der Waals surface area contributed by atoms with Crippen molar-refractivity contribution in [3.05, 3.63) is 88.7 Å². The van der Waals surface area contributed by atoms with E-state index in [9.17, 15) is 13.2 Å². The molecule has 0 radical (unpaired) electrons. The summed E-state index contributed by atoms with van der Waals surface area (Å²) in [6.07, 6.45) is -4.73. The molecular formula is C26H24ClF3N2O2. The fourth-order valence-electron chi connectivity index (χ4n) is 3.61. The average Bonchev–Trinajstić information content (AvgIpc) is 3.09. The van der Waals surface area contributed by atoms with E-state index in [-0.39, 0.29) is 17.8 Å².